The molecule has 0 atom stereocenters. The van der Waals surface area contributed by atoms with E-state index in [0.29, 0.717) is 13.2 Å². The van der Waals surface area contributed by atoms with Gasteiger partial charge in [0.25, 0.3) is 0 Å². The van der Waals surface area contributed by atoms with Gasteiger partial charge in [-0.25, -0.2) is 0 Å². The molecule has 1 heterocycles. The Balaban J connectivity index is 2.44. The van der Waals surface area contributed by atoms with Gasteiger partial charge in [0.1, 0.15) is 13.2 Å². The molecule has 2 heteroatoms. The van der Waals surface area contributed by atoms with Crippen LogP contribution in [0.5, 0.6) is 11.5 Å². The minimum atomic E-state index is 0.651. The highest BCUT2D eigenvalue weighted by molar-refractivity contribution is 5.46. The number of rotatable bonds is 1. The molecule has 0 fully saturated rings. The summed E-state index contributed by atoms with van der Waals surface area (Å²) in [5.74, 6) is 1.74. The molecule has 0 amide bonds. The fourth-order valence-electron chi connectivity index (χ4n) is 1.34. The average Bonchev–Trinajstić information content (AvgIpc) is 2.17. The van der Waals surface area contributed by atoms with Crippen LogP contribution in [0.1, 0.15) is 12.5 Å². The topological polar surface area (TPSA) is 18.5 Å². The maximum Gasteiger partial charge on any atom is 0.165 e. The van der Waals surface area contributed by atoms with Crippen molar-refractivity contribution in [2.45, 2.75) is 13.3 Å². The first-order valence-corrected chi connectivity index (χ1v) is 4.21. The molecule has 0 bridgehead atoms. The lowest BCUT2D eigenvalue weighted by Crippen LogP contribution is -2.16. The van der Waals surface area contributed by atoms with Gasteiger partial charge in [0, 0.05) is 5.56 Å². The first-order valence-electron chi connectivity index (χ1n) is 4.21. The Kier molecular flexibility index (Phi) is 1.90. The smallest absolute Gasteiger partial charge is 0.165 e. The zero-order chi connectivity index (χ0) is 8.39. The molecular weight excluding hydrogens is 152 g/mol. The zero-order valence-electron chi connectivity index (χ0n) is 7.09. The van der Waals surface area contributed by atoms with Crippen LogP contribution >= 0.6 is 0 Å². The summed E-state index contributed by atoms with van der Waals surface area (Å²) in [5, 5.41) is 0. The van der Waals surface area contributed by atoms with Crippen molar-refractivity contribution < 1.29 is 9.47 Å². The molecule has 1 aromatic carbocycles. The van der Waals surface area contributed by atoms with Crippen LogP contribution in [0.15, 0.2) is 12.1 Å². The Labute approximate surface area is 72.1 Å². The monoisotopic (exact) mass is 163 g/mol. The number of aryl methyl sites for hydroxylation is 1. The third-order valence-electron chi connectivity index (χ3n) is 1.93. The van der Waals surface area contributed by atoms with E-state index in [-0.39, 0.29) is 0 Å². The van der Waals surface area contributed by atoms with Gasteiger partial charge in [0.15, 0.2) is 11.5 Å². The van der Waals surface area contributed by atoms with Gasteiger partial charge in [-0.15, -0.1) is 0 Å². The van der Waals surface area contributed by atoms with Gasteiger partial charge < -0.3 is 9.47 Å². The van der Waals surface area contributed by atoms with Crippen molar-refractivity contribution in [2.24, 2.45) is 0 Å². The zero-order valence-corrected chi connectivity index (χ0v) is 7.09. The second-order valence-corrected chi connectivity index (χ2v) is 2.70. The molecule has 1 aromatic rings. The minimum Gasteiger partial charge on any atom is -0.486 e. The molecule has 2 rings (SSSR count). The molecule has 0 unspecified atom stereocenters. The van der Waals surface area contributed by atoms with E-state index in [2.05, 4.69) is 13.0 Å². The number of hydrogen-bond donors (Lipinski definition) is 0. The number of fused-ring (bicyclic) bond motifs is 1. The van der Waals surface area contributed by atoms with Crippen molar-refractivity contribution in [3.8, 4) is 11.5 Å². The van der Waals surface area contributed by atoms with Crippen molar-refractivity contribution in [2.75, 3.05) is 13.2 Å². The average molecular weight is 163 g/mol. The number of hydrogen-bond acceptors (Lipinski definition) is 2. The predicted molar refractivity (Wildman–Crippen MR) is 45.6 cm³/mol. The molecule has 2 nitrogen and oxygen atoms in total. The molecule has 0 N–H and O–H groups in total. The van der Waals surface area contributed by atoms with Crippen LogP contribution in [0.4, 0.5) is 0 Å². The molecule has 12 heavy (non-hydrogen) atoms. The van der Waals surface area contributed by atoms with E-state index in [4.69, 9.17) is 9.47 Å². The van der Waals surface area contributed by atoms with Crippen LogP contribution in [0, 0.1) is 6.07 Å². The first kappa shape index (κ1) is 7.47. The Morgan fingerprint density at radius 2 is 2.25 bits per heavy atom. The second-order valence-electron chi connectivity index (χ2n) is 2.70. The van der Waals surface area contributed by atoms with E-state index in [9.17, 15) is 0 Å². The van der Waals surface area contributed by atoms with Crippen molar-refractivity contribution in [3.63, 3.8) is 0 Å². The molecule has 1 aliphatic rings. The van der Waals surface area contributed by atoms with Crippen molar-refractivity contribution in [3.05, 3.63) is 23.8 Å². The molecule has 0 saturated carbocycles. The molecule has 0 aromatic heterocycles. The third-order valence-corrected chi connectivity index (χ3v) is 1.93. The Bertz CT molecular complexity index is 267. The highest BCUT2D eigenvalue weighted by Gasteiger charge is 2.13. The van der Waals surface area contributed by atoms with Crippen molar-refractivity contribution in [1.29, 1.82) is 0 Å². The summed E-state index contributed by atoms with van der Waals surface area (Å²) in [4.78, 5) is 0. The standard InChI is InChI=1S/C10H11O2/c1-2-8-4-3-5-9-10(8)12-7-6-11-9/h3,5H,2,6-7H2,1H3. The summed E-state index contributed by atoms with van der Waals surface area (Å²) >= 11 is 0. The van der Waals surface area contributed by atoms with Crippen LogP contribution in [0.3, 0.4) is 0 Å². The molecule has 1 aliphatic heterocycles. The van der Waals surface area contributed by atoms with Crippen LogP contribution in [0.2, 0.25) is 0 Å². The second kappa shape index (κ2) is 3.05. The van der Waals surface area contributed by atoms with E-state index in [0.717, 1.165) is 23.5 Å². The quantitative estimate of drug-likeness (QED) is 0.628. The van der Waals surface area contributed by atoms with Gasteiger partial charge in [0.05, 0.1) is 0 Å². The summed E-state index contributed by atoms with van der Waals surface area (Å²) in [6, 6.07) is 6.92. The predicted octanol–water partition coefficient (Wildman–Crippen LogP) is 1.82. The van der Waals surface area contributed by atoms with Gasteiger partial charge in [0.2, 0.25) is 0 Å². The van der Waals surface area contributed by atoms with Gasteiger partial charge in [-0.3, -0.25) is 0 Å². The lowest BCUT2D eigenvalue weighted by atomic mass is 10.1. The van der Waals surface area contributed by atoms with Crippen LogP contribution in [-0.2, 0) is 6.42 Å². The number of benzene rings is 1. The van der Waals surface area contributed by atoms with E-state index >= 15 is 0 Å². The Morgan fingerprint density at radius 1 is 1.42 bits per heavy atom. The van der Waals surface area contributed by atoms with Crippen LogP contribution < -0.4 is 9.47 Å². The molecule has 1 radical (unpaired) electrons. The van der Waals surface area contributed by atoms with Crippen LogP contribution in [0.25, 0.3) is 0 Å². The number of ether oxygens (including phenoxy) is 2. The lowest BCUT2D eigenvalue weighted by molar-refractivity contribution is 0.170. The molecule has 0 aliphatic carbocycles. The summed E-state index contributed by atoms with van der Waals surface area (Å²) in [6.07, 6.45) is 0.937. The van der Waals surface area contributed by atoms with E-state index in [1.807, 2.05) is 12.1 Å². The van der Waals surface area contributed by atoms with Gasteiger partial charge in [-0.2, -0.15) is 0 Å². The molecule has 0 saturated heterocycles. The van der Waals surface area contributed by atoms with Gasteiger partial charge >= 0.3 is 0 Å². The van der Waals surface area contributed by atoms with Gasteiger partial charge in [-0.05, 0) is 18.6 Å². The van der Waals surface area contributed by atoms with Crippen molar-refractivity contribution >= 4 is 0 Å². The maximum atomic E-state index is 5.49. The summed E-state index contributed by atoms with van der Waals surface area (Å²) in [6.45, 7) is 3.39. The summed E-state index contributed by atoms with van der Waals surface area (Å²) < 4.78 is 10.9. The molecule has 63 valence electrons. The first-order chi connectivity index (χ1) is 5.92. The Hall–Kier alpha value is -1.18. The normalized spacial score (nSPS) is 14.4. The van der Waals surface area contributed by atoms with Crippen molar-refractivity contribution in [1.82, 2.24) is 0 Å². The molecular formula is C10H11O2. The minimum absolute atomic E-state index is 0.651. The fourth-order valence-corrected chi connectivity index (χ4v) is 1.34. The highest BCUT2D eigenvalue weighted by Crippen LogP contribution is 2.33. The SMILES string of the molecule is CCc1[c]ccc2c1OCCO2. The largest absolute Gasteiger partial charge is 0.486 e. The van der Waals surface area contributed by atoms with E-state index in [1.54, 1.807) is 0 Å². The van der Waals surface area contributed by atoms with E-state index in [1.165, 1.54) is 0 Å². The third kappa shape index (κ3) is 1.13. The summed E-state index contributed by atoms with van der Waals surface area (Å²) in [7, 11) is 0. The highest BCUT2D eigenvalue weighted by atomic mass is 16.6. The Morgan fingerprint density at radius 3 is 3.08 bits per heavy atom. The maximum absolute atomic E-state index is 5.49. The fraction of sp³-hybridized carbons (Fsp3) is 0.400. The summed E-state index contributed by atoms with van der Waals surface area (Å²) in [5.41, 5.74) is 1.10. The van der Waals surface area contributed by atoms with E-state index < -0.39 is 0 Å². The van der Waals surface area contributed by atoms with Crippen LogP contribution in [-0.4, -0.2) is 13.2 Å². The van der Waals surface area contributed by atoms with Gasteiger partial charge in [-0.1, -0.05) is 13.0 Å². The lowest BCUT2D eigenvalue weighted by Gasteiger charge is -2.20. The molecule has 0 spiro atoms.